The van der Waals surface area contributed by atoms with E-state index in [-0.39, 0.29) is 5.02 Å². The minimum atomic E-state index is -1.03. The number of hydrogen-bond acceptors (Lipinski definition) is 3. The van der Waals surface area contributed by atoms with Crippen molar-refractivity contribution in [2.75, 3.05) is 14.2 Å². The van der Waals surface area contributed by atoms with E-state index in [2.05, 4.69) is 0 Å². The number of ether oxygens (including phenoxy) is 2. The largest absolute Gasteiger partial charge is 0.496 e. The second kappa shape index (κ2) is 6.11. The van der Waals surface area contributed by atoms with Gasteiger partial charge < -0.3 is 14.6 Å². The smallest absolute Gasteiger partial charge is 0.141 e. The SMILES string of the molecule is COc1cccc(OC)c1C(O)c1ccc(F)c(Cl)c1. The molecule has 0 aromatic heterocycles. The normalized spacial score (nSPS) is 12.1. The summed E-state index contributed by atoms with van der Waals surface area (Å²) in [7, 11) is 3.01. The van der Waals surface area contributed by atoms with Crippen molar-refractivity contribution in [1.82, 2.24) is 0 Å². The van der Waals surface area contributed by atoms with Crippen molar-refractivity contribution >= 4 is 11.6 Å². The Bertz CT molecular complexity index is 594. The molecule has 1 N–H and O–H groups in total. The fraction of sp³-hybridized carbons (Fsp3) is 0.200. The van der Waals surface area contributed by atoms with Crippen LogP contribution in [0.2, 0.25) is 5.02 Å². The molecule has 0 fully saturated rings. The summed E-state index contributed by atoms with van der Waals surface area (Å²) in [6.45, 7) is 0. The Kier molecular flexibility index (Phi) is 4.47. The second-order valence-electron chi connectivity index (χ2n) is 4.15. The van der Waals surface area contributed by atoms with Gasteiger partial charge in [-0.2, -0.15) is 0 Å². The fourth-order valence-electron chi connectivity index (χ4n) is 2.00. The van der Waals surface area contributed by atoms with Gasteiger partial charge in [0.05, 0.1) is 24.8 Å². The Hall–Kier alpha value is -1.78. The first kappa shape index (κ1) is 14.6. The third kappa shape index (κ3) is 2.71. The van der Waals surface area contributed by atoms with Crippen LogP contribution < -0.4 is 9.47 Å². The third-order valence-corrected chi connectivity index (χ3v) is 3.29. The van der Waals surface area contributed by atoms with Crippen LogP contribution in [-0.4, -0.2) is 19.3 Å². The molecular formula is C15H14ClFO3. The average Bonchev–Trinajstić information content (AvgIpc) is 2.48. The van der Waals surface area contributed by atoms with Crippen LogP contribution in [0.15, 0.2) is 36.4 Å². The van der Waals surface area contributed by atoms with Crippen molar-refractivity contribution in [3.05, 3.63) is 58.4 Å². The number of benzene rings is 2. The van der Waals surface area contributed by atoms with Gasteiger partial charge in [0.25, 0.3) is 0 Å². The maximum absolute atomic E-state index is 13.2. The van der Waals surface area contributed by atoms with Crippen LogP contribution in [0.3, 0.4) is 0 Å². The fourth-order valence-corrected chi connectivity index (χ4v) is 2.19. The molecule has 2 aromatic rings. The summed E-state index contributed by atoms with van der Waals surface area (Å²) < 4.78 is 23.7. The Balaban J connectivity index is 2.51. The van der Waals surface area contributed by atoms with Gasteiger partial charge in [0, 0.05) is 0 Å². The molecule has 0 aliphatic heterocycles. The van der Waals surface area contributed by atoms with Crippen LogP contribution in [0.4, 0.5) is 4.39 Å². The zero-order valence-corrected chi connectivity index (χ0v) is 11.8. The number of aliphatic hydroxyl groups excluding tert-OH is 1. The van der Waals surface area contributed by atoms with Gasteiger partial charge in [-0.15, -0.1) is 0 Å². The molecular weight excluding hydrogens is 283 g/mol. The Labute approximate surface area is 121 Å². The van der Waals surface area contributed by atoms with Gasteiger partial charge in [0.1, 0.15) is 23.4 Å². The summed E-state index contributed by atoms with van der Waals surface area (Å²) in [5.74, 6) is 0.434. The van der Waals surface area contributed by atoms with E-state index in [0.29, 0.717) is 22.6 Å². The van der Waals surface area contributed by atoms with E-state index in [0.717, 1.165) is 0 Å². The van der Waals surface area contributed by atoms with E-state index < -0.39 is 11.9 Å². The zero-order chi connectivity index (χ0) is 14.7. The summed E-state index contributed by atoms with van der Waals surface area (Å²) in [6, 6.07) is 9.25. The van der Waals surface area contributed by atoms with Gasteiger partial charge >= 0.3 is 0 Å². The van der Waals surface area contributed by atoms with Crippen molar-refractivity contribution in [2.45, 2.75) is 6.10 Å². The molecule has 0 spiro atoms. The van der Waals surface area contributed by atoms with Crippen molar-refractivity contribution in [1.29, 1.82) is 0 Å². The highest BCUT2D eigenvalue weighted by molar-refractivity contribution is 6.30. The minimum Gasteiger partial charge on any atom is -0.496 e. The zero-order valence-electron chi connectivity index (χ0n) is 11.1. The van der Waals surface area contributed by atoms with Crippen LogP contribution in [-0.2, 0) is 0 Å². The Morgan fingerprint density at radius 3 is 2.20 bits per heavy atom. The highest BCUT2D eigenvalue weighted by Crippen LogP contribution is 2.37. The molecule has 2 rings (SSSR count). The predicted molar refractivity (Wildman–Crippen MR) is 75.0 cm³/mol. The number of hydrogen-bond donors (Lipinski definition) is 1. The topological polar surface area (TPSA) is 38.7 Å². The molecule has 0 heterocycles. The molecule has 3 nitrogen and oxygen atoms in total. The molecule has 0 amide bonds. The van der Waals surface area contributed by atoms with E-state index in [1.165, 1.54) is 32.4 Å². The summed E-state index contributed by atoms with van der Waals surface area (Å²) in [4.78, 5) is 0. The minimum absolute atomic E-state index is 0.0459. The lowest BCUT2D eigenvalue weighted by atomic mass is 9.99. The molecule has 0 radical (unpaired) electrons. The molecule has 0 aliphatic carbocycles. The molecule has 106 valence electrons. The molecule has 1 atom stereocenters. The van der Waals surface area contributed by atoms with Gasteiger partial charge in [0.2, 0.25) is 0 Å². The van der Waals surface area contributed by atoms with Crippen molar-refractivity contribution in [3.63, 3.8) is 0 Å². The standard InChI is InChI=1S/C15H14ClFO3/c1-19-12-4-3-5-13(20-2)14(12)15(18)9-6-7-11(17)10(16)8-9/h3-8,15,18H,1-2H3. The van der Waals surface area contributed by atoms with E-state index in [9.17, 15) is 9.50 Å². The van der Waals surface area contributed by atoms with Crippen molar-refractivity contribution in [2.24, 2.45) is 0 Å². The lowest BCUT2D eigenvalue weighted by molar-refractivity contribution is 0.208. The molecule has 0 aliphatic rings. The lowest BCUT2D eigenvalue weighted by Crippen LogP contribution is -2.05. The monoisotopic (exact) mass is 296 g/mol. The van der Waals surface area contributed by atoms with Crippen LogP contribution in [0.1, 0.15) is 17.2 Å². The third-order valence-electron chi connectivity index (χ3n) is 3.00. The molecule has 0 bridgehead atoms. The number of aliphatic hydroxyl groups is 1. The van der Waals surface area contributed by atoms with Crippen LogP contribution >= 0.6 is 11.6 Å². The first-order chi connectivity index (χ1) is 9.58. The number of methoxy groups -OCH3 is 2. The predicted octanol–water partition coefficient (Wildman–Crippen LogP) is 3.58. The van der Waals surface area contributed by atoms with Crippen LogP contribution in [0.25, 0.3) is 0 Å². The van der Waals surface area contributed by atoms with Gasteiger partial charge in [-0.3, -0.25) is 0 Å². The first-order valence-electron chi connectivity index (χ1n) is 5.92. The molecule has 5 heteroatoms. The Morgan fingerprint density at radius 1 is 1.10 bits per heavy atom. The van der Waals surface area contributed by atoms with Gasteiger partial charge in [-0.25, -0.2) is 4.39 Å². The summed E-state index contributed by atoms with van der Waals surface area (Å²) >= 11 is 5.74. The molecule has 2 aromatic carbocycles. The van der Waals surface area contributed by atoms with E-state index >= 15 is 0 Å². The van der Waals surface area contributed by atoms with Gasteiger partial charge in [0.15, 0.2) is 0 Å². The molecule has 0 saturated carbocycles. The number of halogens is 2. The molecule has 1 unspecified atom stereocenters. The highest BCUT2D eigenvalue weighted by Gasteiger charge is 2.21. The molecule has 0 saturated heterocycles. The van der Waals surface area contributed by atoms with Crippen molar-refractivity contribution < 1.29 is 19.0 Å². The molecule has 20 heavy (non-hydrogen) atoms. The summed E-state index contributed by atoms with van der Waals surface area (Å²) in [6.07, 6.45) is -1.03. The maximum Gasteiger partial charge on any atom is 0.141 e. The van der Waals surface area contributed by atoms with E-state index in [1.807, 2.05) is 0 Å². The first-order valence-corrected chi connectivity index (χ1v) is 6.30. The van der Waals surface area contributed by atoms with E-state index in [1.54, 1.807) is 18.2 Å². The summed E-state index contributed by atoms with van der Waals surface area (Å²) in [5, 5.41) is 10.4. The van der Waals surface area contributed by atoms with Crippen LogP contribution in [0, 0.1) is 5.82 Å². The van der Waals surface area contributed by atoms with Crippen molar-refractivity contribution in [3.8, 4) is 11.5 Å². The Morgan fingerprint density at radius 2 is 1.70 bits per heavy atom. The number of rotatable bonds is 4. The quantitative estimate of drug-likeness (QED) is 0.937. The highest BCUT2D eigenvalue weighted by atomic mass is 35.5. The second-order valence-corrected chi connectivity index (χ2v) is 4.56. The van der Waals surface area contributed by atoms with Crippen LogP contribution in [0.5, 0.6) is 11.5 Å². The van der Waals surface area contributed by atoms with Gasteiger partial charge in [-0.1, -0.05) is 23.7 Å². The average molecular weight is 297 g/mol. The maximum atomic E-state index is 13.2. The van der Waals surface area contributed by atoms with Gasteiger partial charge in [-0.05, 0) is 29.8 Å². The van der Waals surface area contributed by atoms with E-state index in [4.69, 9.17) is 21.1 Å². The summed E-state index contributed by atoms with van der Waals surface area (Å²) in [5.41, 5.74) is 0.930. The lowest BCUT2D eigenvalue weighted by Gasteiger charge is -2.18.